The van der Waals surface area contributed by atoms with Crippen LogP contribution in [-0.2, 0) is 17.5 Å². The fraction of sp³-hybridized carbons (Fsp3) is 0.300. The topological polar surface area (TPSA) is 47.9 Å². The number of nitrogens with zero attached hydrogens (tertiary/aromatic N) is 1. The lowest BCUT2D eigenvalue weighted by atomic mass is 10.1. The van der Waals surface area contributed by atoms with E-state index in [0.717, 1.165) is 6.07 Å². The maximum absolute atomic E-state index is 12.7. The summed E-state index contributed by atoms with van der Waals surface area (Å²) in [5.74, 6) is 0.255. The van der Waals surface area contributed by atoms with Crippen molar-refractivity contribution in [2.45, 2.75) is 12.7 Å². The van der Waals surface area contributed by atoms with Crippen molar-refractivity contribution in [3.63, 3.8) is 0 Å². The SMILES string of the molecule is O=C=NCc1cc2c(cc1C(F)(F)F)OCO2. The summed E-state index contributed by atoms with van der Waals surface area (Å²) >= 11 is 0. The summed E-state index contributed by atoms with van der Waals surface area (Å²) in [4.78, 5) is 13.1. The lowest BCUT2D eigenvalue weighted by Crippen LogP contribution is -2.08. The summed E-state index contributed by atoms with van der Waals surface area (Å²) in [5, 5.41) is 0. The fourth-order valence-corrected chi connectivity index (χ4v) is 1.50. The van der Waals surface area contributed by atoms with Gasteiger partial charge in [0.1, 0.15) is 0 Å². The van der Waals surface area contributed by atoms with Crippen molar-refractivity contribution in [2.24, 2.45) is 4.99 Å². The number of hydrogen-bond donors (Lipinski definition) is 0. The molecule has 0 saturated carbocycles. The zero-order valence-corrected chi connectivity index (χ0v) is 8.37. The molecule has 90 valence electrons. The molecule has 0 N–H and O–H groups in total. The molecule has 0 fully saturated rings. The Morgan fingerprint density at radius 1 is 1.29 bits per heavy atom. The number of carbonyl (C=O) groups excluding carboxylic acids is 1. The van der Waals surface area contributed by atoms with Crippen LogP contribution in [0, 0.1) is 0 Å². The van der Waals surface area contributed by atoms with Crippen LogP contribution in [0.5, 0.6) is 11.5 Å². The summed E-state index contributed by atoms with van der Waals surface area (Å²) < 4.78 is 47.9. The fourth-order valence-electron chi connectivity index (χ4n) is 1.50. The smallest absolute Gasteiger partial charge is 0.416 e. The van der Waals surface area contributed by atoms with Crippen LogP contribution in [0.1, 0.15) is 11.1 Å². The van der Waals surface area contributed by atoms with E-state index in [9.17, 15) is 18.0 Å². The van der Waals surface area contributed by atoms with Crippen molar-refractivity contribution in [3.8, 4) is 11.5 Å². The van der Waals surface area contributed by atoms with Crippen LogP contribution in [0.25, 0.3) is 0 Å². The summed E-state index contributed by atoms with van der Waals surface area (Å²) in [6, 6.07) is 2.02. The van der Waals surface area contributed by atoms with Crippen LogP contribution in [-0.4, -0.2) is 12.9 Å². The number of alkyl halides is 3. The highest BCUT2D eigenvalue weighted by Gasteiger charge is 2.35. The zero-order valence-electron chi connectivity index (χ0n) is 8.37. The van der Waals surface area contributed by atoms with E-state index in [1.807, 2.05) is 0 Å². The van der Waals surface area contributed by atoms with Crippen LogP contribution >= 0.6 is 0 Å². The van der Waals surface area contributed by atoms with Crippen molar-refractivity contribution < 1.29 is 27.4 Å². The Labute approximate surface area is 93.7 Å². The number of fused-ring (bicyclic) bond motifs is 1. The molecule has 0 atom stereocenters. The summed E-state index contributed by atoms with van der Waals surface area (Å²) in [7, 11) is 0. The minimum Gasteiger partial charge on any atom is -0.454 e. The maximum Gasteiger partial charge on any atom is 0.416 e. The molecule has 0 amide bonds. The van der Waals surface area contributed by atoms with E-state index in [1.165, 1.54) is 12.1 Å². The van der Waals surface area contributed by atoms with E-state index in [4.69, 9.17) is 9.47 Å². The van der Waals surface area contributed by atoms with E-state index in [1.54, 1.807) is 0 Å². The molecule has 17 heavy (non-hydrogen) atoms. The molecule has 0 aromatic heterocycles. The van der Waals surface area contributed by atoms with Gasteiger partial charge in [-0.05, 0) is 17.7 Å². The van der Waals surface area contributed by atoms with Crippen LogP contribution < -0.4 is 9.47 Å². The molecular formula is C10H6F3NO3. The predicted octanol–water partition coefficient (Wildman–Crippen LogP) is 2.27. The molecule has 1 aliphatic heterocycles. The molecule has 1 aromatic carbocycles. The first-order valence-corrected chi connectivity index (χ1v) is 4.55. The highest BCUT2D eigenvalue weighted by Crippen LogP contribution is 2.41. The van der Waals surface area contributed by atoms with Gasteiger partial charge in [-0.1, -0.05) is 0 Å². The van der Waals surface area contributed by atoms with Crippen LogP contribution in [0.3, 0.4) is 0 Å². The van der Waals surface area contributed by atoms with Crippen molar-refractivity contribution in [1.29, 1.82) is 0 Å². The van der Waals surface area contributed by atoms with Gasteiger partial charge < -0.3 is 9.47 Å². The van der Waals surface area contributed by atoms with E-state index in [0.29, 0.717) is 0 Å². The van der Waals surface area contributed by atoms with E-state index in [2.05, 4.69) is 4.99 Å². The quantitative estimate of drug-likeness (QED) is 0.593. The van der Waals surface area contributed by atoms with Gasteiger partial charge >= 0.3 is 6.18 Å². The Morgan fingerprint density at radius 3 is 2.53 bits per heavy atom. The number of rotatable bonds is 2. The van der Waals surface area contributed by atoms with Crippen molar-refractivity contribution in [2.75, 3.05) is 6.79 Å². The lowest BCUT2D eigenvalue weighted by Gasteiger charge is -2.11. The second kappa shape index (κ2) is 4.10. The van der Waals surface area contributed by atoms with Crippen molar-refractivity contribution >= 4 is 6.08 Å². The van der Waals surface area contributed by atoms with Crippen LogP contribution in [0.4, 0.5) is 13.2 Å². The third-order valence-electron chi connectivity index (χ3n) is 2.22. The molecular weight excluding hydrogens is 239 g/mol. The van der Waals surface area contributed by atoms with Gasteiger partial charge in [0.05, 0.1) is 12.1 Å². The molecule has 0 bridgehead atoms. The molecule has 0 aliphatic carbocycles. The van der Waals surface area contributed by atoms with Gasteiger partial charge in [0.2, 0.25) is 12.9 Å². The predicted molar refractivity (Wildman–Crippen MR) is 49.4 cm³/mol. The highest BCUT2D eigenvalue weighted by molar-refractivity contribution is 5.50. The number of halogens is 3. The van der Waals surface area contributed by atoms with Crippen molar-refractivity contribution in [1.82, 2.24) is 0 Å². The Morgan fingerprint density at radius 2 is 1.94 bits per heavy atom. The number of isocyanates is 1. The maximum atomic E-state index is 12.7. The number of ether oxygens (including phenoxy) is 2. The van der Waals surface area contributed by atoms with Crippen molar-refractivity contribution in [3.05, 3.63) is 23.3 Å². The molecule has 1 heterocycles. The molecule has 2 rings (SSSR count). The number of benzene rings is 1. The Kier molecular flexibility index (Phi) is 2.77. The normalized spacial score (nSPS) is 13.4. The second-order valence-electron chi connectivity index (χ2n) is 3.27. The third kappa shape index (κ3) is 2.24. The van der Waals surface area contributed by atoms with E-state index in [-0.39, 0.29) is 23.9 Å². The molecule has 1 aromatic rings. The molecule has 0 spiro atoms. The van der Waals surface area contributed by atoms with E-state index >= 15 is 0 Å². The Hall–Kier alpha value is -2.01. The van der Waals surface area contributed by atoms with Gasteiger partial charge in [-0.3, -0.25) is 0 Å². The minimum absolute atomic E-state index is 0.0381. The van der Waals surface area contributed by atoms with Crippen LogP contribution in [0.2, 0.25) is 0 Å². The zero-order chi connectivity index (χ0) is 12.5. The average molecular weight is 245 g/mol. The highest BCUT2D eigenvalue weighted by atomic mass is 19.4. The first kappa shape index (κ1) is 11.5. The first-order valence-electron chi connectivity index (χ1n) is 4.55. The van der Waals surface area contributed by atoms with Gasteiger partial charge in [0.25, 0.3) is 0 Å². The molecule has 1 aliphatic rings. The van der Waals surface area contributed by atoms with Gasteiger partial charge in [0, 0.05) is 0 Å². The summed E-state index contributed by atoms with van der Waals surface area (Å²) in [6.45, 7) is -0.512. The third-order valence-corrected chi connectivity index (χ3v) is 2.22. The molecule has 7 heteroatoms. The van der Waals surface area contributed by atoms with Gasteiger partial charge in [-0.15, -0.1) is 0 Å². The summed E-state index contributed by atoms with van der Waals surface area (Å²) in [6.07, 6.45) is -3.33. The number of aliphatic imine (C=N–C) groups is 1. The monoisotopic (exact) mass is 245 g/mol. The molecule has 0 unspecified atom stereocenters. The standard InChI is InChI=1S/C10H6F3NO3/c11-10(12,13)7-2-9-8(16-5-17-9)1-6(7)3-14-4-15/h1-2H,3,5H2. The number of hydrogen-bond acceptors (Lipinski definition) is 4. The Balaban J connectivity index is 2.50. The summed E-state index contributed by atoms with van der Waals surface area (Å²) in [5.41, 5.74) is -1.04. The molecule has 0 saturated heterocycles. The second-order valence-corrected chi connectivity index (χ2v) is 3.27. The molecule has 4 nitrogen and oxygen atoms in total. The minimum atomic E-state index is -4.53. The van der Waals surface area contributed by atoms with Gasteiger partial charge in [-0.25, -0.2) is 9.79 Å². The van der Waals surface area contributed by atoms with Crippen LogP contribution in [0.15, 0.2) is 17.1 Å². The Bertz CT molecular complexity index is 492. The largest absolute Gasteiger partial charge is 0.454 e. The average Bonchev–Trinajstić information content (AvgIpc) is 2.70. The molecule has 0 radical (unpaired) electrons. The lowest BCUT2D eigenvalue weighted by molar-refractivity contribution is -0.138. The van der Waals surface area contributed by atoms with E-state index < -0.39 is 18.3 Å². The first-order chi connectivity index (χ1) is 8.02. The van der Waals surface area contributed by atoms with Gasteiger partial charge in [0.15, 0.2) is 11.5 Å². The van der Waals surface area contributed by atoms with Gasteiger partial charge in [-0.2, -0.15) is 13.2 Å².